The zero-order valence-corrected chi connectivity index (χ0v) is 14.4. The average Bonchev–Trinajstić information content (AvgIpc) is 2.77. The molecular weight excluding hydrogens is 274 g/mol. The van der Waals surface area contributed by atoms with Crippen molar-refractivity contribution in [2.45, 2.75) is 32.2 Å². The van der Waals surface area contributed by atoms with Crippen molar-refractivity contribution in [3.8, 4) is 0 Å². The fraction of sp³-hybridized carbons (Fsp3) is 0.706. The Hall–Kier alpha value is -1.49. The van der Waals surface area contributed by atoms with Crippen LogP contribution in [0.25, 0.3) is 0 Å². The summed E-state index contributed by atoms with van der Waals surface area (Å²) in [5.74, 6) is 0.969. The Labute approximate surface area is 135 Å². The minimum Gasteiger partial charge on any atom is -0.355 e. The SMILES string of the molecule is CN=C(NCCN1CCCCCC1)N(C)Cc1cccn1C. The van der Waals surface area contributed by atoms with Gasteiger partial charge < -0.3 is 19.7 Å². The summed E-state index contributed by atoms with van der Waals surface area (Å²) in [4.78, 5) is 9.16. The molecule has 0 saturated carbocycles. The number of rotatable bonds is 5. The number of hydrogen-bond acceptors (Lipinski definition) is 2. The smallest absolute Gasteiger partial charge is 0.193 e. The van der Waals surface area contributed by atoms with Gasteiger partial charge in [0.05, 0.1) is 6.54 Å². The second-order valence-electron chi connectivity index (χ2n) is 6.20. The lowest BCUT2D eigenvalue weighted by Gasteiger charge is -2.24. The Bertz CT molecular complexity index is 457. The highest BCUT2D eigenvalue weighted by atomic mass is 15.3. The summed E-state index contributed by atoms with van der Waals surface area (Å²) < 4.78 is 2.15. The van der Waals surface area contributed by atoms with E-state index in [9.17, 15) is 0 Å². The minimum atomic E-state index is 0.868. The molecule has 0 amide bonds. The molecule has 0 aliphatic carbocycles. The van der Waals surface area contributed by atoms with Crippen molar-refractivity contribution in [2.75, 3.05) is 40.3 Å². The van der Waals surface area contributed by atoms with E-state index in [1.165, 1.54) is 44.5 Å². The average molecular weight is 305 g/mol. The third kappa shape index (κ3) is 5.05. The zero-order chi connectivity index (χ0) is 15.8. The molecule has 0 radical (unpaired) electrons. The first-order valence-corrected chi connectivity index (χ1v) is 8.45. The first kappa shape index (κ1) is 16.9. The first-order chi connectivity index (χ1) is 10.7. The van der Waals surface area contributed by atoms with Crippen LogP contribution in [0.4, 0.5) is 0 Å². The van der Waals surface area contributed by atoms with E-state index in [-0.39, 0.29) is 0 Å². The van der Waals surface area contributed by atoms with Crippen LogP contribution in [0.15, 0.2) is 23.3 Å². The van der Waals surface area contributed by atoms with Gasteiger partial charge in [-0.05, 0) is 38.1 Å². The van der Waals surface area contributed by atoms with Crippen molar-refractivity contribution in [1.82, 2.24) is 19.7 Å². The van der Waals surface area contributed by atoms with Crippen LogP contribution in [0.3, 0.4) is 0 Å². The number of guanidine groups is 1. The Kier molecular flexibility index (Phi) is 6.77. The maximum Gasteiger partial charge on any atom is 0.193 e. The van der Waals surface area contributed by atoms with Crippen molar-refractivity contribution in [1.29, 1.82) is 0 Å². The van der Waals surface area contributed by atoms with Crippen LogP contribution < -0.4 is 5.32 Å². The molecule has 22 heavy (non-hydrogen) atoms. The van der Waals surface area contributed by atoms with Crippen LogP contribution >= 0.6 is 0 Å². The molecule has 0 aromatic carbocycles. The molecule has 1 saturated heterocycles. The molecule has 124 valence electrons. The molecule has 5 heteroatoms. The number of nitrogens with zero attached hydrogens (tertiary/aromatic N) is 4. The van der Waals surface area contributed by atoms with Crippen LogP contribution in [0.1, 0.15) is 31.4 Å². The van der Waals surface area contributed by atoms with Gasteiger partial charge in [0.1, 0.15) is 0 Å². The monoisotopic (exact) mass is 305 g/mol. The summed E-state index contributed by atoms with van der Waals surface area (Å²) in [6.07, 6.45) is 7.57. The summed E-state index contributed by atoms with van der Waals surface area (Å²) >= 11 is 0. The summed E-state index contributed by atoms with van der Waals surface area (Å²) in [7, 11) is 6.03. The van der Waals surface area contributed by atoms with E-state index in [0.29, 0.717) is 0 Å². The van der Waals surface area contributed by atoms with Gasteiger partial charge >= 0.3 is 0 Å². The van der Waals surface area contributed by atoms with E-state index in [2.05, 4.69) is 57.1 Å². The molecular formula is C17H31N5. The van der Waals surface area contributed by atoms with E-state index in [4.69, 9.17) is 0 Å². The number of likely N-dealkylation sites (tertiary alicyclic amines) is 1. The van der Waals surface area contributed by atoms with Gasteiger partial charge in [-0.3, -0.25) is 4.99 Å². The number of nitrogens with one attached hydrogen (secondary N) is 1. The number of aryl methyl sites for hydroxylation is 1. The van der Waals surface area contributed by atoms with Crippen molar-refractivity contribution in [2.24, 2.45) is 12.0 Å². The van der Waals surface area contributed by atoms with Gasteiger partial charge in [0.15, 0.2) is 5.96 Å². The second kappa shape index (κ2) is 8.83. The molecule has 0 unspecified atom stereocenters. The molecule has 1 aromatic rings. The van der Waals surface area contributed by atoms with Gasteiger partial charge in [0, 0.05) is 46.1 Å². The van der Waals surface area contributed by atoms with Crippen molar-refractivity contribution >= 4 is 5.96 Å². The van der Waals surface area contributed by atoms with Crippen molar-refractivity contribution < 1.29 is 0 Å². The van der Waals surface area contributed by atoms with Gasteiger partial charge in [-0.2, -0.15) is 0 Å². The second-order valence-corrected chi connectivity index (χ2v) is 6.20. The van der Waals surface area contributed by atoms with Crippen LogP contribution in [-0.2, 0) is 13.6 Å². The van der Waals surface area contributed by atoms with Crippen LogP contribution in [-0.4, -0.2) is 60.6 Å². The quantitative estimate of drug-likeness (QED) is 0.667. The van der Waals surface area contributed by atoms with Crippen molar-refractivity contribution in [3.63, 3.8) is 0 Å². The van der Waals surface area contributed by atoms with Crippen LogP contribution in [0.2, 0.25) is 0 Å². The van der Waals surface area contributed by atoms with Crippen LogP contribution in [0, 0.1) is 0 Å². The molecule has 0 bridgehead atoms. The number of aromatic nitrogens is 1. The third-order valence-electron chi connectivity index (χ3n) is 4.43. The molecule has 2 heterocycles. The minimum absolute atomic E-state index is 0.868. The number of aliphatic imine (C=N–C) groups is 1. The molecule has 1 aromatic heterocycles. The van der Waals surface area contributed by atoms with E-state index in [0.717, 1.165) is 25.6 Å². The third-order valence-corrected chi connectivity index (χ3v) is 4.43. The lowest BCUT2D eigenvalue weighted by Crippen LogP contribution is -2.42. The van der Waals surface area contributed by atoms with E-state index < -0.39 is 0 Å². The molecule has 1 aliphatic heterocycles. The summed E-state index contributed by atoms with van der Waals surface area (Å²) in [5.41, 5.74) is 1.29. The highest BCUT2D eigenvalue weighted by Gasteiger charge is 2.11. The molecule has 1 aliphatic rings. The standard InChI is InChI=1S/C17H31N5/c1-18-17(21(3)15-16-9-8-11-20(16)2)19-10-14-22-12-6-4-5-7-13-22/h8-9,11H,4-7,10,12-15H2,1-3H3,(H,18,19). The Morgan fingerprint density at radius 1 is 1.27 bits per heavy atom. The van der Waals surface area contributed by atoms with Gasteiger partial charge in [-0.25, -0.2) is 0 Å². The Morgan fingerprint density at radius 3 is 2.59 bits per heavy atom. The largest absolute Gasteiger partial charge is 0.355 e. The molecule has 2 rings (SSSR count). The Morgan fingerprint density at radius 2 is 2.00 bits per heavy atom. The summed E-state index contributed by atoms with van der Waals surface area (Å²) in [6.45, 7) is 5.44. The van der Waals surface area contributed by atoms with E-state index in [1.54, 1.807) is 0 Å². The summed E-state index contributed by atoms with van der Waals surface area (Å²) in [5, 5.41) is 3.49. The molecule has 0 spiro atoms. The topological polar surface area (TPSA) is 35.8 Å². The predicted molar refractivity (Wildman–Crippen MR) is 93.1 cm³/mol. The molecule has 1 fully saturated rings. The molecule has 5 nitrogen and oxygen atoms in total. The van der Waals surface area contributed by atoms with Crippen molar-refractivity contribution in [3.05, 3.63) is 24.0 Å². The maximum absolute atomic E-state index is 4.40. The molecule has 0 atom stereocenters. The Balaban J connectivity index is 1.75. The maximum atomic E-state index is 4.40. The van der Waals surface area contributed by atoms with E-state index in [1.807, 2.05) is 7.05 Å². The van der Waals surface area contributed by atoms with Gasteiger partial charge in [-0.15, -0.1) is 0 Å². The normalized spacial score (nSPS) is 17.3. The van der Waals surface area contributed by atoms with Gasteiger partial charge in [-0.1, -0.05) is 12.8 Å². The fourth-order valence-electron chi connectivity index (χ4n) is 3.05. The zero-order valence-electron chi connectivity index (χ0n) is 14.4. The molecule has 1 N–H and O–H groups in total. The van der Waals surface area contributed by atoms with Gasteiger partial charge in [0.2, 0.25) is 0 Å². The fourth-order valence-corrected chi connectivity index (χ4v) is 3.05. The highest BCUT2D eigenvalue weighted by Crippen LogP contribution is 2.08. The lowest BCUT2D eigenvalue weighted by molar-refractivity contribution is 0.287. The summed E-state index contributed by atoms with van der Waals surface area (Å²) in [6, 6.07) is 4.24. The van der Waals surface area contributed by atoms with Gasteiger partial charge in [0.25, 0.3) is 0 Å². The lowest BCUT2D eigenvalue weighted by atomic mass is 10.2. The predicted octanol–water partition coefficient (Wildman–Crippen LogP) is 1.91. The van der Waals surface area contributed by atoms with Crippen LogP contribution in [0.5, 0.6) is 0 Å². The first-order valence-electron chi connectivity index (χ1n) is 8.45. The highest BCUT2D eigenvalue weighted by molar-refractivity contribution is 5.79. The van der Waals surface area contributed by atoms with E-state index >= 15 is 0 Å². The number of hydrogen-bond donors (Lipinski definition) is 1.